The van der Waals surface area contributed by atoms with Gasteiger partial charge in [-0.3, -0.25) is 9.48 Å². The minimum atomic E-state index is -3.03. The fraction of sp³-hybridized carbons (Fsp3) is 0.524. The molecule has 1 saturated carbocycles. The van der Waals surface area contributed by atoms with Crippen molar-refractivity contribution in [1.82, 2.24) is 9.78 Å². The number of hydrogen-bond donors (Lipinski definition) is 1. The Balaban J connectivity index is 1.55. The van der Waals surface area contributed by atoms with E-state index in [1.807, 2.05) is 13.8 Å². The first kappa shape index (κ1) is 20.7. The van der Waals surface area contributed by atoms with E-state index in [9.17, 15) is 13.2 Å². The van der Waals surface area contributed by atoms with Gasteiger partial charge in [-0.2, -0.15) is 5.10 Å². The molecule has 2 fully saturated rings. The Labute approximate surface area is 176 Å². The summed E-state index contributed by atoms with van der Waals surface area (Å²) in [6.45, 7) is 4.78. The highest BCUT2D eigenvalue weighted by Gasteiger charge is 2.36. The molecule has 1 aliphatic heterocycles. The van der Waals surface area contributed by atoms with Crippen LogP contribution in [0.15, 0.2) is 24.3 Å². The Morgan fingerprint density at radius 1 is 1.13 bits per heavy atom. The Kier molecular flexibility index (Phi) is 5.73. The summed E-state index contributed by atoms with van der Waals surface area (Å²) >= 11 is 0. The van der Waals surface area contributed by atoms with E-state index < -0.39 is 9.84 Å². The third kappa shape index (κ3) is 4.45. The van der Waals surface area contributed by atoms with Crippen LogP contribution in [-0.4, -0.2) is 48.8 Å². The summed E-state index contributed by atoms with van der Waals surface area (Å²) < 4.78 is 36.8. The van der Waals surface area contributed by atoms with E-state index in [1.165, 1.54) is 0 Å². The van der Waals surface area contributed by atoms with Gasteiger partial charge in [-0.15, -0.1) is 0 Å². The molecular weight excluding hydrogens is 406 g/mol. The number of nitrogens with zero attached hydrogens (tertiary/aromatic N) is 2. The lowest BCUT2D eigenvalue weighted by molar-refractivity contribution is 0.102. The third-order valence-corrected chi connectivity index (χ3v) is 7.10. The van der Waals surface area contributed by atoms with Crippen LogP contribution < -0.4 is 14.8 Å². The average molecular weight is 434 g/mol. The maximum Gasteiger partial charge on any atom is 0.276 e. The molecule has 1 aliphatic carbocycles. The number of amides is 1. The van der Waals surface area contributed by atoms with Gasteiger partial charge >= 0.3 is 0 Å². The van der Waals surface area contributed by atoms with Crippen LogP contribution in [0.3, 0.4) is 0 Å². The van der Waals surface area contributed by atoms with Crippen molar-refractivity contribution in [3.8, 4) is 11.5 Å². The van der Waals surface area contributed by atoms with Crippen LogP contribution in [0.5, 0.6) is 11.5 Å². The SMILES string of the molecule is CCOc1ccc(NC(=O)c2cc(C3CC3)n(C3CCS(=O)(=O)C3)n2)cc1OCC. The first-order valence-electron chi connectivity index (χ1n) is 10.4. The lowest BCUT2D eigenvalue weighted by Gasteiger charge is -2.13. The molecule has 2 heterocycles. The van der Waals surface area contributed by atoms with E-state index in [4.69, 9.17) is 9.47 Å². The van der Waals surface area contributed by atoms with E-state index in [-0.39, 0.29) is 23.5 Å². The van der Waals surface area contributed by atoms with E-state index >= 15 is 0 Å². The highest BCUT2D eigenvalue weighted by Crippen LogP contribution is 2.42. The second-order valence-electron chi connectivity index (χ2n) is 7.71. The van der Waals surface area contributed by atoms with Crippen LogP contribution in [0.25, 0.3) is 0 Å². The van der Waals surface area contributed by atoms with Crippen LogP contribution in [0, 0.1) is 0 Å². The van der Waals surface area contributed by atoms with Crippen LogP contribution >= 0.6 is 0 Å². The quantitative estimate of drug-likeness (QED) is 0.686. The predicted octanol–water partition coefficient (Wildman–Crippen LogP) is 3.17. The number of nitrogens with one attached hydrogen (secondary N) is 1. The first-order valence-corrected chi connectivity index (χ1v) is 12.2. The van der Waals surface area contributed by atoms with Gasteiger partial charge in [0.25, 0.3) is 5.91 Å². The Morgan fingerprint density at radius 2 is 1.87 bits per heavy atom. The number of sulfone groups is 1. The maximum atomic E-state index is 12.9. The van der Waals surface area contributed by atoms with Crippen molar-refractivity contribution in [1.29, 1.82) is 0 Å². The minimum absolute atomic E-state index is 0.0894. The minimum Gasteiger partial charge on any atom is -0.490 e. The first-order chi connectivity index (χ1) is 14.4. The summed E-state index contributed by atoms with van der Waals surface area (Å²) in [7, 11) is -3.03. The zero-order valence-electron chi connectivity index (χ0n) is 17.3. The second kappa shape index (κ2) is 8.29. The van der Waals surface area contributed by atoms with Gasteiger partial charge < -0.3 is 14.8 Å². The van der Waals surface area contributed by atoms with Crippen LogP contribution in [0.4, 0.5) is 5.69 Å². The lowest BCUT2D eigenvalue weighted by atomic mass is 10.2. The molecule has 30 heavy (non-hydrogen) atoms. The van der Waals surface area contributed by atoms with Crippen molar-refractivity contribution < 1.29 is 22.7 Å². The molecule has 0 bridgehead atoms. The molecule has 1 N–H and O–H groups in total. The van der Waals surface area contributed by atoms with Gasteiger partial charge in [0.05, 0.1) is 30.8 Å². The molecular formula is C21H27N3O5S. The van der Waals surface area contributed by atoms with Gasteiger partial charge in [0, 0.05) is 23.4 Å². The summed E-state index contributed by atoms with van der Waals surface area (Å²) in [5.74, 6) is 1.49. The van der Waals surface area contributed by atoms with Crippen LogP contribution in [0.1, 0.15) is 61.3 Å². The van der Waals surface area contributed by atoms with Gasteiger partial charge in [-0.25, -0.2) is 8.42 Å². The van der Waals surface area contributed by atoms with Gasteiger partial charge in [0.1, 0.15) is 0 Å². The largest absolute Gasteiger partial charge is 0.490 e. The molecule has 162 valence electrons. The molecule has 4 rings (SSSR count). The summed E-state index contributed by atoms with van der Waals surface area (Å²) in [4.78, 5) is 12.9. The van der Waals surface area contributed by atoms with Crippen molar-refractivity contribution >= 4 is 21.4 Å². The normalized spacial score (nSPS) is 20.1. The van der Waals surface area contributed by atoms with Crippen LogP contribution in [-0.2, 0) is 9.84 Å². The molecule has 2 aromatic rings. The summed E-state index contributed by atoms with van der Waals surface area (Å²) in [5, 5.41) is 7.37. The molecule has 1 aromatic heterocycles. The van der Waals surface area contributed by atoms with Gasteiger partial charge in [0.2, 0.25) is 0 Å². The fourth-order valence-electron chi connectivity index (χ4n) is 3.79. The Morgan fingerprint density at radius 3 is 2.50 bits per heavy atom. The highest BCUT2D eigenvalue weighted by molar-refractivity contribution is 7.91. The zero-order chi connectivity index (χ0) is 21.3. The van der Waals surface area contributed by atoms with Gasteiger partial charge in [-0.05, 0) is 51.3 Å². The Hall–Kier alpha value is -2.55. The Bertz CT molecular complexity index is 1040. The molecule has 0 spiro atoms. The van der Waals surface area contributed by atoms with E-state index in [1.54, 1.807) is 28.9 Å². The average Bonchev–Trinajstić information content (AvgIpc) is 3.34. The highest BCUT2D eigenvalue weighted by atomic mass is 32.2. The number of anilines is 1. The van der Waals surface area contributed by atoms with Crippen molar-refractivity contribution in [3.05, 3.63) is 35.7 Å². The number of benzene rings is 1. The van der Waals surface area contributed by atoms with Gasteiger partial charge in [0.15, 0.2) is 27.0 Å². The smallest absolute Gasteiger partial charge is 0.276 e. The van der Waals surface area contributed by atoms with Gasteiger partial charge in [-0.1, -0.05) is 0 Å². The van der Waals surface area contributed by atoms with E-state index in [0.717, 1.165) is 18.5 Å². The molecule has 0 radical (unpaired) electrons. The van der Waals surface area contributed by atoms with E-state index in [0.29, 0.717) is 48.4 Å². The summed E-state index contributed by atoms with van der Waals surface area (Å²) in [6, 6.07) is 6.86. The third-order valence-electron chi connectivity index (χ3n) is 5.35. The molecule has 1 amide bonds. The predicted molar refractivity (Wildman–Crippen MR) is 113 cm³/mol. The summed E-state index contributed by atoms with van der Waals surface area (Å²) in [5.41, 5.74) is 1.84. The molecule has 1 saturated heterocycles. The molecule has 1 atom stereocenters. The number of rotatable bonds is 8. The lowest BCUT2D eigenvalue weighted by Crippen LogP contribution is -2.17. The zero-order valence-corrected chi connectivity index (χ0v) is 18.1. The van der Waals surface area contributed by atoms with Crippen molar-refractivity contribution in [2.24, 2.45) is 0 Å². The maximum absolute atomic E-state index is 12.9. The number of hydrogen-bond acceptors (Lipinski definition) is 6. The topological polar surface area (TPSA) is 99.5 Å². The number of aromatic nitrogens is 2. The van der Waals surface area contributed by atoms with Crippen molar-refractivity contribution in [2.75, 3.05) is 30.0 Å². The standard InChI is InChI=1S/C21H27N3O5S/c1-3-28-19-8-7-15(11-20(19)29-4-2)22-21(25)17-12-18(14-5-6-14)24(23-17)16-9-10-30(26,27)13-16/h7-8,11-12,14,16H,3-6,9-10,13H2,1-2H3,(H,22,25). The molecule has 9 heteroatoms. The monoisotopic (exact) mass is 433 g/mol. The van der Waals surface area contributed by atoms with E-state index in [2.05, 4.69) is 10.4 Å². The molecule has 8 nitrogen and oxygen atoms in total. The second-order valence-corrected chi connectivity index (χ2v) is 9.94. The summed E-state index contributed by atoms with van der Waals surface area (Å²) in [6.07, 6.45) is 2.63. The molecule has 2 aliphatic rings. The number of carbonyl (C=O) groups excluding carboxylic acids is 1. The van der Waals surface area contributed by atoms with Crippen LogP contribution in [0.2, 0.25) is 0 Å². The van der Waals surface area contributed by atoms with Crippen molar-refractivity contribution in [3.63, 3.8) is 0 Å². The number of ether oxygens (including phenoxy) is 2. The molecule has 1 unspecified atom stereocenters. The fourth-order valence-corrected chi connectivity index (χ4v) is 5.48. The van der Waals surface area contributed by atoms with Crippen molar-refractivity contribution in [2.45, 2.75) is 45.1 Å². The number of carbonyl (C=O) groups is 1. The molecule has 1 aromatic carbocycles.